The average Bonchev–Trinajstić information content (AvgIpc) is 2.44. The maximum atomic E-state index is 11.4. The summed E-state index contributed by atoms with van der Waals surface area (Å²) in [5.74, 6) is -0.673. The Morgan fingerprint density at radius 3 is 2.45 bits per heavy atom. The first-order valence-electron chi connectivity index (χ1n) is 5.38. The lowest BCUT2D eigenvalue weighted by Gasteiger charge is -2.07. The molecule has 0 heterocycles. The second-order valence-corrected chi connectivity index (χ2v) is 3.60. The van der Waals surface area contributed by atoms with E-state index in [0.29, 0.717) is 5.69 Å². The summed E-state index contributed by atoms with van der Waals surface area (Å²) in [6.45, 7) is 3.07. The Balaban J connectivity index is 2.48. The summed E-state index contributed by atoms with van der Waals surface area (Å²) in [7, 11) is 1.18. The van der Waals surface area contributed by atoms with E-state index < -0.39 is 17.0 Å². The predicted octanol–water partition coefficient (Wildman–Crippen LogP) is 1.87. The number of ether oxygens (including phenoxy) is 2. The van der Waals surface area contributed by atoms with Gasteiger partial charge in [0.15, 0.2) is 0 Å². The quantitative estimate of drug-likeness (QED) is 0.382. The summed E-state index contributed by atoms with van der Waals surface area (Å²) < 4.78 is 9.11. The molecule has 0 radical (unpaired) electrons. The van der Waals surface area contributed by atoms with Crippen molar-refractivity contribution >= 4 is 23.4 Å². The zero-order valence-electron chi connectivity index (χ0n) is 10.6. The highest BCUT2D eigenvalue weighted by molar-refractivity contribution is 5.89. The zero-order chi connectivity index (χ0) is 15.1. The van der Waals surface area contributed by atoms with Crippen molar-refractivity contribution < 1.29 is 24.0 Å². The van der Waals surface area contributed by atoms with Crippen LogP contribution >= 0.6 is 0 Å². The molecule has 0 unspecified atom stereocenters. The maximum absolute atomic E-state index is 11.4. The fourth-order valence-electron chi connectivity index (χ4n) is 1.18. The monoisotopic (exact) mass is 280 g/mol. The number of amides is 1. The molecule has 0 aromatic heterocycles. The van der Waals surface area contributed by atoms with Crippen LogP contribution in [0.25, 0.3) is 0 Å². The number of hydrogen-bond acceptors (Lipinski definition) is 6. The third-order valence-corrected chi connectivity index (χ3v) is 2.18. The molecule has 1 N–H and O–H groups in total. The van der Waals surface area contributed by atoms with Crippen molar-refractivity contribution in [3.8, 4) is 0 Å². The molecule has 0 saturated heterocycles. The molecule has 0 fully saturated rings. The number of carbonyl (C=O) groups excluding carboxylic acids is 2. The Morgan fingerprint density at radius 1 is 1.35 bits per heavy atom. The number of nitro benzene ring substituents is 1. The Bertz CT molecular complexity index is 537. The SMILES string of the molecule is C=C(COC(=O)Nc1ccc([N+](=O)[O-])cc1)C(=O)OC. The van der Waals surface area contributed by atoms with E-state index in [1.807, 2.05) is 0 Å². The van der Waals surface area contributed by atoms with Gasteiger partial charge >= 0.3 is 12.1 Å². The maximum Gasteiger partial charge on any atom is 0.411 e. The minimum absolute atomic E-state index is 0.00801. The van der Waals surface area contributed by atoms with E-state index in [1.54, 1.807) is 0 Å². The van der Waals surface area contributed by atoms with E-state index in [9.17, 15) is 19.7 Å². The summed E-state index contributed by atoms with van der Waals surface area (Å²) in [5.41, 5.74) is 0.221. The van der Waals surface area contributed by atoms with Gasteiger partial charge in [0.1, 0.15) is 6.61 Å². The number of nitro groups is 1. The standard InChI is InChI=1S/C12H12N2O6/c1-8(11(15)19-2)7-20-12(16)13-9-3-5-10(6-4-9)14(17)18/h3-6H,1,7H2,2H3,(H,13,16). The number of benzene rings is 1. The van der Waals surface area contributed by atoms with Crippen LogP contribution in [0, 0.1) is 10.1 Å². The summed E-state index contributed by atoms with van der Waals surface area (Å²) >= 11 is 0. The molecule has 0 aliphatic heterocycles. The first kappa shape index (κ1) is 15.2. The number of nitrogens with one attached hydrogen (secondary N) is 1. The molecule has 0 aliphatic carbocycles. The van der Waals surface area contributed by atoms with E-state index in [0.717, 1.165) is 0 Å². The number of hydrogen-bond donors (Lipinski definition) is 1. The lowest BCUT2D eigenvalue weighted by Crippen LogP contribution is -2.18. The molecule has 0 bridgehead atoms. The normalized spacial score (nSPS) is 9.45. The molecule has 0 atom stereocenters. The Hall–Kier alpha value is -2.90. The number of nitrogens with zero attached hydrogens (tertiary/aromatic N) is 1. The van der Waals surface area contributed by atoms with Gasteiger partial charge in [-0.1, -0.05) is 6.58 Å². The van der Waals surface area contributed by atoms with Crippen LogP contribution < -0.4 is 5.32 Å². The fourth-order valence-corrected chi connectivity index (χ4v) is 1.18. The van der Waals surface area contributed by atoms with E-state index in [-0.39, 0.29) is 17.9 Å². The smallest absolute Gasteiger partial charge is 0.411 e. The van der Waals surface area contributed by atoms with Crippen LogP contribution in [0.1, 0.15) is 0 Å². The first-order chi connectivity index (χ1) is 9.43. The van der Waals surface area contributed by atoms with Gasteiger partial charge in [0.2, 0.25) is 0 Å². The fraction of sp³-hybridized carbons (Fsp3) is 0.167. The van der Waals surface area contributed by atoms with Crippen LogP contribution in [0.2, 0.25) is 0 Å². The molecule has 20 heavy (non-hydrogen) atoms. The first-order valence-corrected chi connectivity index (χ1v) is 5.38. The van der Waals surface area contributed by atoms with E-state index >= 15 is 0 Å². The van der Waals surface area contributed by atoms with Crippen molar-refractivity contribution in [3.63, 3.8) is 0 Å². The molecule has 1 aromatic carbocycles. The Kier molecular flexibility index (Phi) is 5.21. The third-order valence-electron chi connectivity index (χ3n) is 2.18. The second kappa shape index (κ2) is 6.88. The highest BCUT2D eigenvalue weighted by Gasteiger charge is 2.11. The van der Waals surface area contributed by atoms with E-state index in [2.05, 4.69) is 16.6 Å². The third kappa shape index (κ3) is 4.41. The van der Waals surface area contributed by atoms with Crippen molar-refractivity contribution in [1.82, 2.24) is 0 Å². The molecule has 106 valence electrons. The molecule has 1 rings (SSSR count). The highest BCUT2D eigenvalue weighted by atomic mass is 16.6. The van der Waals surface area contributed by atoms with Gasteiger partial charge in [-0.3, -0.25) is 15.4 Å². The molecule has 0 aliphatic rings. The van der Waals surface area contributed by atoms with Gasteiger partial charge in [-0.2, -0.15) is 0 Å². The Morgan fingerprint density at radius 2 is 1.95 bits per heavy atom. The van der Waals surface area contributed by atoms with Gasteiger partial charge in [-0.25, -0.2) is 9.59 Å². The van der Waals surface area contributed by atoms with Gasteiger partial charge in [-0.15, -0.1) is 0 Å². The number of rotatable bonds is 5. The lowest BCUT2D eigenvalue weighted by atomic mass is 10.3. The molecule has 0 spiro atoms. The molecule has 8 nitrogen and oxygen atoms in total. The van der Waals surface area contributed by atoms with Crippen molar-refractivity contribution in [2.45, 2.75) is 0 Å². The molecule has 0 saturated carbocycles. The minimum atomic E-state index is -0.816. The van der Waals surface area contributed by atoms with Crippen LogP contribution in [0.4, 0.5) is 16.2 Å². The van der Waals surface area contributed by atoms with Gasteiger partial charge < -0.3 is 9.47 Å². The van der Waals surface area contributed by atoms with Crippen LogP contribution in [0.15, 0.2) is 36.4 Å². The number of methoxy groups -OCH3 is 1. The van der Waals surface area contributed by atoms with Crippen LogP contribution in [0.5, 0.6) is 0 Å². The number of esters is 1. The predicted molar refractivity (Wildman–Crippen MR) is 69.2 cm³/mol. The summed E-state index contributed by atoms with van der Waals surface area (Å²) in [6, 6.07) is 5.19. The van der Waals surface area contributed by atoms with Gasteiger partial charge in [-0.05, 0) is 12.1 Å². The molecule has 1 amide bonds. The van der Waals surface area contributed by atoms with Crippen molar-refractivity contribution in [2.75, 3.05) is 19.0 Å². The molecular weight excluding hydrogens is 268 g/mol. The summed E-state index contributed by atoms with van der Waals surface area (Å²) in [6.07, 6.45) is -0.816. The number of non-ortho nitro benzene ring substituents is 1. The average molecular weight is 280 g/mol. The van der Waals surface area contributed by atoms with Gasteiger partial charge in [0, 0.05) is 17.8 Å². The summed E-state index contributed by atoms with van der Waals surface area (Å²) in [5, 5.41) is 12.8. The molecular formula is C12H12N2O6. The number of anilines is 1. The largest absolute Gasteiger partial charge is 0.466 e. The summed E-state index contributed by atoms with van der Waals surface area (Å²) in [4.78, 5) is 32.3. The van der Waals surface area contributed by atoms with Gasteiger partial charge in [0.25, 0.3) is 5.69 Å². The van der Waals surface area contributed by atoms with E-state index in [4.69, 9.17) is 4.74 Å². The van der Waals surface area contributed by atoms with Crippen LogP contribution in [-0.2, 0) is 14.3 Å². The van der Waals surface area contributed by atoms with Crippen LogP contribution in [0.3, 0.4) is 0 Å². The number of carbonyl (C=O) groups is 2. The van der Waals surface area contributed by atoms with Crippen LogP contribution in [-0.4, -0.2) is 30.7 Å². The zero-order valence-corrected chi connectivity index (χ0v) is 10.6. The second-order valence-electron chi connectivity index (χ2n) is 3.60. The van der Waals surface area contributed by atoms with Crippen molar-refractivity contribution in [2.24, 2.45) is 0 Å². The van der Waals surface area contributed by atoms with E-state index in [1.165, 1.54) is 31.4 Å². The molecule has 8 heteroatoms. The minimum Gasteiger partial charge on any atom is -0.466 e. The Labute approximate surface area is 114 Å². The topological polar surface area (TPSA) is 108 Å². The van der Waals surface area contributed by atoms with Gasteiger partial charge in [0.05, 0.1) is 17.6 Å². The highest BCUT2D eigenvalue weighted by Crippen LogP contribution is 2.15. The lowest BCUT2D eigenvalue weighted by molar-refractivity contribution is -0.384. The van der Waals surface area contributed by atoms with Crippen molar-refractivity contribution in [1.29, 1.82) is 0 Å². The van der Waals surface area contributed by atoms with Crippen molar-refractivity contribution in [3.05, 3.63) is 46.5 Å². The molecule has 1 aromatic rings.